The molecule has 0 unspecified atom stereocenters. The van der Waals surface area contributed by atoms with E-state index >= 15 is 0 Å². The minimum absolute atomic E-state index is 0.00314. The normalized spacial score (nSPS) is 11.2. The van der Waals surface area contributed by atoms with Crippen LogP contribution < -0.4 is 5.32 Å². The van der Waals surface area contributed by atoms with E-state index in [1.807, 2.05) is 54.6 Å². The fourth-order valence-corrected chi connectivity index (χ4v) is 4.78. The number of rotatable bonds is 6. The summed E-state index contributed by atoms with van der Waals surface area (Å²) in [6.45, 7) is 6.18. The second-order valence-corrected chi connectivity index (χ2v) is 8.50. The Bertz CT molecular complexity index is 1080. The molecule has 2 heteroatoms. The summed E-state index contributed by atoms with van der Waals surface area (Å²) in [6.07, 6.45) is 0.303. The Labute approximate surface area is 191 Å². The van der Waals surface area contributed by atoms with Gasteiger partial charge in [0.25, 0.3) is 0 Å². The Balaban J connectivity index is 1.84. The van der Waals surface area contributed by atoms with Crippen LogP contribution in [0.1, 0.15) is 39.8 Å². The van der Waals surface area contributed by atoms with Crippen molar-refractivity contribution in [2.75, 3.05) is 5.32 Å². The van der Waals surface area contributed by atoms with Crippen LogP contribution >= 0.6 is 0 Å². The predicted molar refractivity (Wildman–Crippen MR) is 133 cm³/mol. The molecule has 0 bridgehead atoms. The van der Waals surface area contributed by atoms with Gasteiger partial charge in [-0.1, -0.05) is 109 Å². The fourth-order valence-electron chi connectivity index (χ4n) is 4.78. The minimum atomic E-state index is -0.597. The predicted octanol–water partition coefficient (Wildman–Crippen LogP) is 6.98. The van der Waals surface area contributed by atoms with E-state index in [0.717, 1.165) is 33.5 Å². The number of aryl methyl sites for hydroxylation is 3. The lowest BCUT2D eigenvalue weighted by Gasteiger charge is -2.35. The first kappa shape index (κ1) is 21.6. The third kappa shape index (κ3) is 4.22. The number of anilines is 1. The van der Waals surface area contributed by atoms with E-state index in [-0.39, 0.29) is 5.91 Å². The quantitative estimate of drug-likeness (QED) is 0.336. The van der Waals surface area contributed by atoms with Gasteiger partial charge < -0.3 is 5.32 Å². The van der Waals surface area contributed by atoms with Crippen LogP contribution in [-0.2, 0) is 10.2 Å². The lowest BCUT2D eigenvalue weighted by atomic mass is 9.67. The molecule has 0 heterocycles. The molecule has 0 atom stereocenters. The van der Waals surface area contributed by atoms with Gasteiger partial charge in [-0.05, 0) is 48.6 Å². The minimum Gasteiger partial charge on any atom is -0.326 e. The largest absolute Gasteiger partial charge is 0.326 e. The molecule has 160 valence electrons. The van der Waals surface area contributed by atoms with E-state index in [2.05, 4.69) is 74.6 Å². The molecular weight excluding hydrogens is 390 g/mol. The van der Waals surface area contributed by atoms with Crippen molar-refractivity contribution in [1.29, 1.82) is 0 Å². The van der Waals surface area contributed by atoms with E-state index in [9.17, 15) is 4.79 Å². The number of hydrogen-bond acceptors (Lipinski definition) is 1. The van der Waals surface area contributed by atoms with Crippen molar-refractivity contribution in [1.82, 2.24) is 0 Å². The summed E-state index contributed by atoms with van der Waals surface area (Å²) in [4.78, 5) is 13.6. The molecule has 0 aliphatic rings. The molecule has 0 saturated carbocycles. The van der Waals surface area contributed by atoms with Gasteiger partial charge in [0, 0.05) is 12.1 Å². The fraction of sp³-hybridized carbons (Fsp3) is 0.167. The third-order valence-corrected chi connectivity index (χ3v) is 6.17. The van der Waals surface area contributed by atoms with Crippen LogP contribution in [0.15, 0.2) is 103 Å². The molecule has 4 rings (SSSR count). The van der Waals surface area contributed by atoms with Gasteiger partial charge in [0.1, 0.15) is 0 Å². The van der Waals surface area contributed by atoms with Gasteiger partial charge in [-0.25, -0.2) is 0 Å². The molecule has 2 nitrogen and oxygen atoms in total. The lowest BCUT2D eigenvalue weighted by molar-refractivity contribution is -0.116. The Hall–Kier alpha value is -3.65. The number of carbonyl (C=O) groups excluding carboxylic acids is 1. The molecule has 0 aliphatic carbocycles. The SMILES string of the molecule is Cc1cc(C)c(NC(=O)CC(c2ccccc2)(c2ccccc2)c2ccccc2)c(C)c1. The average Bonchev–Trinajstić information content (AvgIpc) is 2.81. The van der Waals surface area contributed by atoms with Crippen LogP contribution in [-0.4, -0.2) is 5.91 Å². The number of carbonyl (C=O) groups is 1. The summed E-state index contributed by atoms with van der Waals surface area (Å²) in [5.74, 6) is -0.00314. The standard InChI is InChI=1S/C30H29NO/c1-22-19-23(2)29(24(3)20-22)31-28(32)21-30(25-13-7-4-8-14-25,26-15-9-5-10-16-26)27-17-11-6-12-18-27/h4-20H,21H2,1-3H3,(H,31,32). The number of benzene rings is 4. The first-order chi connectivity index (χ1) is 15.5. The van der Waals surface area contributed by atoms with Gasteiger partial charge in [0.2, 0.25) is 5.91 Å². The molecule has 0 fully saturated rings. The van der Waals surface area contributed by atoms with Crippen LogP contribution in [0.4, 0.5) is 5.69 Å². The average molecular weight is 420 g/mol. The third-order valence-electron chi connectivity index (χ3n) is 6.17. The van der Waals surface area contributed by atoms with E-state index < -0.39 is 5.41 Å². The summed E-state index contributed by atoms with van der Waals surface area (Å²) >= 11 is 0. The van der Waals surface area contributed by atoms with E-state index in [1.165, 1.54) is 5.56 Å². The highest BCUT2D eigenvalue weighted by Crippen LogP contribution is 2.42. The Morgan fingerprint density at radius 1 is 0.656 bits per heavy atom. The van der Waals surface area contributed by atoms with Gasteiger partial charge in [0.15, 0.2) is 0 Å². The molecule has 0 aromatic heterocycles. The lowest BCUT2D eigenvalue weighted by Crippen LogP contribution is -2.34. The summed E-state index contributed by atoms with van der Waals surface area (Å²) in [5, 5.41) is 3.23. The Morgan fingerprint density at radius 3 is 1.41 bits per heavy atom. The molecule has 0 spiro atoms. The molecule has 1 N–H and O–H groups in total. The van der Waals surface area contributed by atoms with Crippen molar-refractivity contribution >= 4 is 11.6 Å². The zero-order valence-corrected chi connectivity index (χ0v) is 18.9. The molecule has 0 radical (unpaired) electrons. The molecule has 32 heavy (non-hydrogen) atoms. The number of nitrogens with one attached hydrogen (secondary N) is 1. The highest BCUT2D eigenvalue weighted by Gasteiger charge is 2.38. The summed E-state index contributed by atoms with van der Waals surface area (Å²) in [5.41, 5.74) is 6.98. The molecule has 4 aromatic carbocycles. The van der Waals surface area contributed by atoms with Crippen molar-refractivity contribution < 1.29 is 4.79 Å². The highest BCUT2D eigenvalue weighted by molar-refractivity contribution is 5.94. The van der Waals surface area contributed by atoms with Crippen molar-refractivity contribution in [2.45, 2.75) is 32.6 Å². The zero-order chi connectivity index (χ0) is 22.6. The van der Waals surface area contributed by atoms with E-state index in [4.69, 9.17) is 0 Å². The second-order valence-electron chi connectivity index (χ2n) is 8.50. The highest BCUT2D eigenvalue weighted by atomic mass is 16.1. The Kier molecular flexibility index (Phi) is 6.23. The molecule has 1 amide bonds. The van der Waals surface area contributed by atoms with Crippen molar-refractivity contribution in [3.63, 3.8) is 0 Å². The molecular formula is C30H29NO. The van der Waals surface area contributed by atoms with Gasteiger partial charge in [-0.2, -0.15) is 0 Å². The van der Waals surface area contributed by atoms with Crippen LogP contribution in [0.5, 0.6) is 0 Å². The topological polar surface area (TPSA) is 29.1 Å². The van der Waals surface area contributed by atoms with Gasteiger partial charge >= 0.3 is 0 Å². The molecule has 0 aliphatic heterocycles. The Morgan fingerprint density at radius 2 is 1.03 bits per heavy atom. The maximum Gasteiger partial charge on any atom is 0.225 e. The van der Waals surface area contributed by atoms with Crippen molar-refractivity contribution in [3.8, 4) is 0 Å². The van der Waals surface area contributed by atoms with E-state index in [1.54, 1.807) is 0 Å². The molecule has 4 aromatic rings. The van der Waals surface area contributed by atoms with E-state index in [0.29, 0.717) is 6.42 Å². The first-order valence-electron chi connectivity index (χ1n) is 11.0. The molecule has 0 saturated heterocycles. The smallest absolute Gasteiger partial charge is 0.225 e. The maximum absolute atomic E-state index is 13.6. The van der Waals surface area contributed by atoms with Gasteiger partial charge in [0.05, 0.1) is 5.41 Å². The summed E-state index contributed by atoms with van der Waals surface area (Å²) in [7, 11) is 0. The number of hydrogen-bond donors (Lipinski definition) is 1. The monoisotopic (exact) mass is 419 g/mol. The van der Waals surface area contributed by atoms with Gasteiger partial charge in [-0.3, -0.25) is 4.79 Å². The maximum atomic E-state index is 13.6. The van der Waals surface area contributed by atoms with Crippen LogP contribution in [0.25, 0.3) is 0 Å². The van der Waals surface area contributed by atoms with Crippen LogP contribution in [0.2, 0.25) is 0 Å². The van der Waals surface area contributed by atoms with Crippen LogP contribution in [0.3, 0.4) is 0 Å². The zero-order valence-electron chi connectivity index (χ0n) is 18.9. The number of amides is 1. The van der Waals surface area contributed by atoms with Crippen molar-refractivity contribution in [2.24, 2.45) is 0 Å². The van der Waals surface area contributed by atoms with Crippen LogP contribution in [0, 0.1) is 20.8 Å². The first-order valence-corrected chi connectivity index (χ1v) is 11.0. The summed E-state index contributed by atoms with van der Waals surface area (Å²) < 4.78 is 0. The summed E-state index contributed by atoms with van der Waals surface area (Å²) in [6, 6.07) is 35.3. The van der Waals surface area contributed by atoms with Crippen molar-refractivity contribution in [3.05, 3.63) is 137 Å². The van der Waals surface area contributed by atoms with Gasteiger partial charge in [-0.15, -0.1) is 0 Å². The second kappa shape index (κ2) is 9.23.